The molecule has 3 heteroatoms. The highest BCUT2D eigenvalue weighted by molar-refractivity contribution is 6.85. The van der Waals surface area contributed by atoms with E-state index in [2.05, 4.69) is 48.5 Å². The lowest BCUT2D eigenvalue weighted by Gasteiger charge is -2.15. The summed E-state index contributed by atoms with van der Waals surface area (Å²) in [5.74, 6) is 1.93. The van der Waals surface area contributed by atoms with Crippen molar-refractivity contribution in [1.29, 1.82) is 5.26 Å². The van der Waals surface area contributed by atoms with Crippen LogP contribution < -0.4 is 15.1 Å². The number of rotatable bonds is 1. The highest BCUT2D eigenvalue weighted by Gasteiger charge is 2.25. The van der Waals surface area contributed by atoms with Crippen molar-refractivity contribution < 1.29 is 4.74 Å². The van der Waals surface area contributed by atoms with Gasteiger partial charge in [0.05, 0.1) is 11.6 Å². The minimum atomic E-state index is -1.43. The van der Waals surface area contributed by atoms with Gasteiger partial charge < -0.3 is 4.74 Å². The van der Waals surface area contributed by atoms with E-state index in [0.29, 0.717) is 5.56 Å². The lowest BCUT2D eigenvalue weighted by Crippen LogP contribution is -2.44. The van der Waals surface area contributed by atoms with Crippen LogP contribution in [-0.4, -0.2) is 8.80 Å². The molecule has 0 saturated heterocycles. The fraction of sp³-hybridized carbons (Fsp3) is 0.0500. The van der Waals surface area contributed by atoms with Crippen molar-refractivity contribution >= 4 is 19.2 Å². The summed E-state index contributed by atoms with van der Waals surface area (Å²) in [5, 5.41) is 11.7. The first kappa shape index (κ1) is 13.8. The van der Waals surface area contributed by atoms with Crippen molar-refractivity contribution in [1.82, 2.24) is 0 Å². The predicted octanol–water partition coefficient (Wildman–Crippen LogP) is 2.79. The molecule has 0 fully saturated rings. The van der Waals surface area contributed by atoms with Gasteiger partial charge in [-0.1, -0.05) is 53.7 Å². The van der Waals surface area contributed by atoms with Crippen LogP contribution in [0.2, 0.25) is 0 Å². The van der Waals surface area contributed by atoms with Gasteiger partial charge in [0, 0.05) is 0 Å². The summed E-state index contributed by atoms with van der Waals surface area (Å²) in [4.78, 5) is 0. The number of fused-ring (bicyclic) bond motifs is 2. The molecule has 0 saturated carbocycles. The summed E-state index contributed by atoms with van der Waals surface area (Å²) in [5.41, 5.74) is 1.98. The molecular formula is C20H15NOSi. The van der Waals surface area contributed by atoms with Gasteiger partial charge in [0.2, 0.25) is 0 Å². The minimum absolute atomic E-state index is 0.710. The van der Waals surface area contributed by atoms with E-state index in [1.807, 2.05) is 30.3 Å². The van der Waals surface area contributed by atoms with Crippen LogP contribution in [0.25, 0.3) is 0 Å². The van der Waals surface area contributed by atoms with Crippen LogP contribution in [0.15, 0.2) is 72.8 Å². The number of nitriles is 1. The van der Waals surface area contributed by atoms with Crippen LogP contribution in [-0.2, 0) is 6.04 Å². The number of benzene rings is 3. The number of ether oxygens (including phenoxy) is 1. The van der Waals surface area contributed by atoms with E-state index < -0.39 is 8.80 Å². The smallest absolute Gasteiger partial charge is 0.130 e. The molecule has 2 nitrogen and oxygen atoms in total. The molecule has 1 heterocycles. The zero-order valence-corrected chi connectivity index (χ0v) is 13.7. The Labute approximate surface area is 137 Å². The summed E-state index contributed by atoms with van der Waals surface area (Å²) in [6.07, 6.45) is 0. The van der Waals surface area contributed by atoms with E-state index in [1.54, 1.807) is 0 Å². The third kappa shape index (κ3) is 2.54. The van der Waals surface area contributed by atoms with Crippen LogP contribution in [0.4, 0.5) is 0 Å². The Bertz CT molecular complexity index is 896. The molecule has 1 aliphatic rings. The standard InChI is InChI=1S/C20H15NOSi/c21-13-15-9-11-17(12-10-15)23-14-16-5-1-2-6-18(16)22-19-7-3-4-8-20(19)23/h1-12,23H,14H2. The average Bonchev–Trinajstić information content (AvgIpc) is 2.78. The Kier molecular flexibility index (Phi) is 3.45. The largest absolute Gasteiger partial charge is 0.457 e. The van der Waals surface area contributed by atoms with Gasteiger partial charge in [0.25, 0.3) is 0 Å². The van der Waals surface area contributed by atoms with Gasteiger partial charge in [0.15, 0.2) is 0 Å². The fourth-order valence-corrected chi connectivity index (χ4v) is 6.26. The molecule has 3 aromatic carbocycles. The first-order chi connectivity index (χ1) is 11.3. The maximum absolute atomic E-state index is 9.01. The molecule has 0 spiro atoms. The minimum Gasteiger partial charge on any atom is -0.457 e. The quantitative estimate of drug-likeness (QED) is 0.647. The van der Waals surface area contributed by atoms with E-state index in [0.717, 1.165) is 17.5 Å². The molecule has 0 amide bonds. The third-order valence-corrected chi connectivity index (χ3v) is 7.62. The maximum Gasteiger partial charge on any atom is 0.130 e. The Morgan fingerprint density at radius 3 is 2.30 bits per heavy atom. The number of para-hydroxylation sites is 2. The molecule has 1 unspecified atom stereocenters. The van der Waals surface area contributed by atoms with Gasteiger partial charge in [-0.05, 0) is 41.1 Å². The van der Waals surface area contributed by atoms with Gasteiger partial charge in [-0.25, -0.2) is 0 Å². The van der Waals surface area contributed by atoms with Crippen molar-refractivity contribution in [2.24, 2.45) is 0 Å². The Hall–Kier alpha value is -2.83. The third-order valence-electron chi connectivity index (χ3n) is 4.35. The van der Waals surface area contributed by atoms with Gasteiger partial charge in [0.1, 0.15) is 20.3 Å². The molecule has 23 heavy (non-hydrogen) atoms. The SMILES string of the molecule is N#Cc1ccc([SiH]2Cc3ccccc3Oc3ccccc32)cc1. The molecule has 1 aliphatic heterocycles. The lowest BCUT2D eigenvalue weighted by molar-refractivity contribution is 0.484. The second-order valence-electron chi connectivity index (χ2n) is 5.74. The molecule has 0 aromatic heterocycles. The number of nitrogens with zero attached hydrogens (tertiary/aromatic N) is 1. The summed E-state index contributed by atoms with van der Waals surface area (Å²) in [6.45, 7) is 0. The van der Waals surface area contributed by atoms with Gasteiger partial charge in [-0.3, -0.25) is 0 Å². The molecule has 0 N–H and O–H groups in total. The second-order valence-corrected chi connectivity index (χ2v) is 8.54. The van der Waals surface area contributed by atoms with Crippen LogP contribution in [0, 0.1) is 11.3 Å². The van der Waals surface area contributed by atoms with Crippen LogP contribution in [0.5, 0.6) is 11.5 Å². The van der Waals surface area contributed by atoms with E-state index in [4.69, 9.17) is 10.00 Å². The molecule has 0 bridgehead atoms. The normalized spacial score (nSPS) is 15.5. The van der Waals surface area contributed by atoms with Gasteiger partial charge in [-0.15, -0.1) is 0 Å². The second kappa shape index (κ2) is 5.75. The lowest BCUT2D eigenvalue weighted by atomic mass is 10.2. The van der Waals surface area contributed by atoms with E-state index in [-0.39, 0.29) is 0 Å². The summed E-state index contributed by atoms with van der Waals surface area (Å²) in [7, 11) is -1.43. The van der Waals surface area contributed by atoms with Crippen molar-refractivity contribution in [3.05, 3.63) is 83.9 Å². The number of hydrogen-bond donors (Lipinski definition) is 0. The van der Waals surface area contributed by atoms with Crippen molar-refractivity contribution in [2.45, 2.75) is 6.04 Å². The summed E-state index contributed by atoms with van der Waals surface area (Å²) in [6, 6.07) is 27.9. The van der Waals surface area contributed by atoms with E-state index in [1.165, 1.54) is 15.9 Å². The Morgan fingerprint density at radius 1 is 0.826 bits per heavy atom. The average molecular weight is 313 g/mol. The van der Waals surface area contributed by atoms with Crippen molar-refractivity contribution in [3.63, 3.8) is 0 Å². The van der Waals surface area contributed by atoms with Crippen LogP contribution in [0.1, 0.15) is 11.1 Å². The first-order valence-electron chi connectivity index (χ1n) is 7.70. The fourth-order valence-electron chi connectivity index (χ4n) is 3.17. The Balaban J connectivity index is 1.86. The number of hydrogen-bond acceptors (Lipinski definition) is 2. The first-order valence-corrected chi connectivity index (χ1v) is 9.67. The predicted molar refractivity (Wildman–Crippen MR) is 94.2 cm³/mol. The van der Waals surface area contributed by atoms with Crippen molar-refractivity contribution in [2.75, 3.05) is 0 Å². The van der Waals surface area contributed by atoms with E-state index >= 15 is 0 Å². The van der Waals surface area contributed by atoms with Gasteiger partial charge >= 0.3 is 0 Å². The summed E-state index contributed by atoms with van der Waals surface area (Å²) < 4.78 is 6.18. The highest BCUT2D eigenvalue weighted by atomic mass is 28.3. The molecule has 3 aromatic rings. The molecule has 4 rings (SSSR count). The summed E-state index contributed by atoms with van der Waals surface area (Å²) >= 11 is 0. The Morgan fingerprint density at radius 2 is 1.52 bits per heavy atom. The monoisotopic (exact) mass is 313 g/mol. The zero-order chi connectivity index (χ0) is 15.6. The highest BCUT2D eigenvalue weighted by Crippen LogP contribution is 2.28. The van der Waals surface area contributed by atoms with Gasteiger partial charge in [-0.2, -0.15) is 5.26 Å². The molecule has 110 valence electrons. The topological polar surface area (TPSA) is 33.0 Å². The van der Waals surface area contributed by atoms with Crippen molar-refractivity contribution in [3.8, 4) is 17.6 Å². The molecule has 0 aliphatic carbocycles. The zero-order valence-electron chi connectivity index (χ0n) is 12.6. The molecule has 0 radical (unpaired) electrons. The molecular weight excluding hydrogens is 298 g/mol. The van der Waals surface area contributed by atoms with Crippen LogP contribution in [0.3, 0.4) is 0 Å². The molecule has 1 atom stereocenters. The van der Waals surface area contributed by atoms with Crippen LogP contribution >= 0.6 is 0 Å². The maximum atomic E-state index is 9.01. The van der Waals surface area contributed by atoms with E-state index in [9.17, 15) is 0 Å².